The predicted molar refractivity (Wildman–Crippen MR) is 50.3 cm³/mol. The van der Waals surface area contributed by atoms with Crippen molar-refractivity contribution in [2.75, 3.05) is 13.6 Å². The Bertz CT molecular complexity index is 284. The maximum Gasteiger partial charge on any atom is 0.0310 e. The van der Waals surface area contributed by atoms with Crippen LogP contribution in [-0.2, 0) is 0 Å². The molecule has 1 saturated heterocycles. The van der Waals surface area contributed by atoms with Crippen molar-refractivity contribution in [3.63, 3.8) is 0 Å². The molecule has 0 aromatic rings. The van der Waals surface area contributed by atoms with Crippen LogP contribution in [-0.4, -0.2) is 18.5 Å². The van der Waals surface area contributed by atoms with Crippen LogP contribution in [0.4, 0.5) is 0 Å². The first-order valence-electron chi connectivity index (χ1n) is 4.33. The Labute approximate surface area is 73.0 Å². The molecule has 1 heterocycles. The summed E-state index contributed by atoms with van der Waals surface area (Å²) >= 11 is 0. The van der Waals surface area contributed by atoms with E-state index in [0.29, 0.717) is 0 Å². The van der Waals surface area contributed by atoms with Crippen LogP contribution in [0.3, 0.4) is 0 Å². The lowest BCUT2D eigenvalue weighted by atomic mass is 10.0. The second kappa shape index (κ2) is 2.70. The lowest BCUT2D eigenvalue weighted by molar-refractivity contribution is 0.382. The third-order valence-corrected chi connectivity index (χ3v) is 2.61. The zero-order valence-corrected chi connectivity index (χ0v) is 7.38. The van der Waals surface area contributed by atoms with Gasteiger partial charge < -0.3 is 10.6 Å². The van der Waals surface area contributed by atoms with E-state index in [2.05, 4.69) is 18.0 Å². The second-order valence-corrected chi connectivity index (χ2v) is 3.42. The van der Waals surface area contributed by atoms with Crippen LogP contribution in [0.2, 0.25) is 0 Å². The highest BCUT2D eigenvalue weighted by atomic mass is 15.1. The minimum Gasteiger partial charge on any atom is -0.399 e. The Morgan fingerprint density at radius 2 is 2.33 bits per heavy atom. The summed E-state index contributed by atoms with van der Waals surface area (Å²) in [5.41, 5.74) is 9.62. The van der Waals surface area contributed by atoms with E-state index < -0.39 is 0 Å². The first-order chi connectivity index (χ1) is 5.77. The van der Waals surface area contributed by atoms with Crippen LogP contribution in [0.5, 0.6) is 0 Å². The lowest BCUT2D eigenvalue weighted by Gasteiger charge is -2.29. The van der Waals surface area contributed by atoms with Gasteiger partial charge in [0, 0.05) is 31.4 Å². The number of hydrogen-bond donors (Lipinski definition) is 1. The summed E-state index contributed by atoms with van der Waals surface area (Å²) in [7, 11) is 2.14. The van der Waals surface area contributed by atoms with Crippen molar-refractivity contribution in [1.82, 2.24) is 4.90 Å². The Hall–Kier alpha value is -1.18. The average molecular weight is 162 g/mol. The summed E-state index contributed by atoms with van der Waals surface area (Å²) in [6, 6.07) is 0. The monoisotopic (exact) mass is 162 g/mol. The van der Waals surface area contributed by atoms with Gasteiger partial charge in [0.15, 0.2) is 0 Å². The number of allylic oxidation sites excluding steroid dienone is 4. The van der Waals surface area contributed by atoms with E-state index in [1.54, 1.807) is 0 Å². The summed E-state index contributed by atoms with van der Waals surface area (Å²) in [5, 5.41) is 0. The third-order valence-electron chi connectivity index (χ3n) is 2.61. The number of rotatable bonds is 0. The molecule has 2 heteroatoms. The number of nitrogens with two attached hydrogens (primary N) is 1. The second-order valence-electron chi connectivity index (χ2n) is 3.42. The van der Waals surface area contributed by atoms with Gasteiger partial charge in [-0.2, -0.15) is 0 Å². The molecule has 2 N–H and O–H groups in total. The first kappa shape index (κ1) is 7.47. The summed E-state index contributed by atoms with van der Waals surface area (Å²) in [6.45, 7) is 1.10. The molecule has 2 bridgehead atoms. The molecule has 1 aliphatic carbocycles. The fraction of sp³-hybridized carbons (Fsp3) is 0.400. The van der Waals surface area contributed by atoms with Crippen molar-refractivity contribution in [2.45, 2.75) is 12.8 Å². The fourth-order valence-electron chi connectivity index (χ4n) is 1.70. The van der Waals surface area contributed by atoms with Gasteiger partial charge in [-0.25, -0.2) is 0 Å². The Kier molecular flexibility index (Phi) is 1.68. The first-order valence-corrected chi connectivity index (χ1v) is 4.33. The zero-order chi connectivity index (χ0) is 8.55. The standard InChI is InChI=1S/C10H14N2/c1-12-6-5-8-7-9(12)3-2-4-10(8)11/h2-4H,5-7,11H2,1H3. The maximum atomic E-state index is 5.87. The smallest absolute Gasteiger partial charge is 0.0310 e. The van der Waals surface area contributed by atoms with Crippen molar-refractivity contribution in [1.29, 1.82) is 0 Å². The zero-order valence-electron chi connectivity index (χ0n) is 7.38. The predicted octanol–water partition coefficient (Wildman–Crippen LogP) is 1.38. The van der Waals surface area contributed by atoms with E-state index in [4.69, 9.17) is 5.73 Å². The molecule has 0 spiro atoms. The van der Waals surface area contributed by atoms with Gasteiger partial charge in [0.25, 0.3) is 0 Å². The van der Waals surface area contributed by atoms with Crippen molar-refractivity contribution in [3.05, 3.63) is 35.2 Å². The minimum absolute atomic E-state index is 0.967. The van der Waals surface area contributed by atoms with Crippen LogP contribution >= 0.6 is 0 Å². The molecule has 0 amide bonds. The van der Waals surface area contributed by atoms with E-state index in [1.807, 2.05) is 12.2 Å². The molecule has 0 saturated carbocycles. The molecule has 2 nitrogen and oxygen atoms in total. The number of nitrogens with zero attached hydrogens (tertiary/aromatic N) is 1. The van der Waals surface area contributed by atoms with Crippen molar-refractivity contribution in [3.8, 4) is 0 Å². The van der Waals surface area contributed by atoms with Crippen LogP contribution < -0.4 is 5.73 Å². The molecule has 0 aromatic carbocycles. The normalized spacial score (nSPS) is 22.4. The number of fused-ring (bicyclic) bond motifs is 2. The maximum absolute atomic E-state index is 5.87. The highest BCUT2D eigenvalue weighted by molar-refractivity contribution is 5.35. The van der Waals surface area contributed by atoms with Crippen LogP contribution in [0.1, 0.15) is 12.8 Å². The fourth-order valence-corrected chi connectivity index (χ4v) is 1.70. The van der Waals surface area contributed by atoms with Gasteiger partial charge >= 0.3 is 0 Å². The van der Waals surface area contributed by atoms with Gasteiger partial charge in [0.05, 0.1) is 0 Å². The topological polar surface area (TPSA) is 29.3 Å². The largest absolute Gasteiger partial charge is 0.399 e. The van der Waals surface area contributed by atoms with Crippen LogP contribution in [0.25, 0.3) is 0 Å². The van der Waals surface area contributed by atoms with Gasteiger partial charge in [-0.15, -0.1) is 0 Å². The van der Waals surface area contributed by atoms with E-state index in [9.17, 15) is 0 Å². The lowest BCUT2D eigenvalue weighted by Crippen LogP contribution is -2.25. The van der Waals surface area contributed by atoms with E-state index in [-0.39, 0.29) is 0 Å². The van der Waals surface area contributed by atoms with Gasteiger partial charge in [-0.1, -0.05) is 6.08 Å². The molecule has 0 atom stereocenters. The molecular weight excluding hydrogens is 148 g/mol. The Morgan fingerprint density at radius 3 is 3.17 bits per heavy atom. The van der Waals surface area contributed by atoms with Crippen LogP contribution in [0.15, 0.2) is 35.2 Å². The SMILES string of the molecule is CN1CCC2=C(N)C=CC=C1C2. The molecule has 2 rings (SSSR count). The van der Waals surface area contributed by atoms with Gasteiger partial charge in [-0.05, 0) is 24.1 Å². The molecule has 2 aliphatic rings. The molecular formula is C10H14N2. The number of likely N-dealkylation sites (tertiary alicyclic amines) is 1. The Morgan fingerprint density at radius 1 is 1.50 bits per heavy atom. The van der Waals surface area contributed by atoms with Crippen molar-refractivity contribution >= 4 is 0 Å². The summed E-state index contributed by atoms with van der Waals surface area (Å²) in [5.74, 6) is 0. The van der Waals surface area contributed by atoms with E-state index in [1.165, 1.54) is 11.3 Å². The quantitative estimate of drug-likeness (QED) is 0.583. The molecule has 0 aromatic heterocycles. The van der Waals surface area contributed by atoms with Gasteiger partial charge in [-0.3, -0.25) is 0 Å². The molecule has 1 fully saturated rings. The Balaban J connectivity index is 2.37. The molecule has 12 heavy (non-hydrogen) atoms. The van der Waals surface area contributed by atoms with Crippen molar-refractivity contribution in [2.24, 2.45) is 5.73 Å². The van der Waals surface area contributed by atoms with Crippen LogP contribution in [0, 0.1) is 0 Å². The van der Waals surface area contributed by atoms with Crippen molar-refractivity contribution < 1.29 is 0 Å². The number of hydrogen-bond acceptors (Lipinski definition) is 2. The molecule has 64 valence electrons. The summed E-state index contributed by atoms with van der Waals surface area (Å²) in [4.78, 5) is 2.30. The summed E-state index contributed by atoms with van der Waals surface area (Å²) in [6.07, 6.45) is 8.35. The average Bonchev–Trinajstić information content (AvgIpc) is 2.21. The highest BCUT2D eigenvalue weighted by Crippen LogP contribution is 2.27. The van der Waals surface area contributed by atoms with Gasteiger partial charge in [0.1, 0.15) is 0 Å². The highest BCUT2D eigenvalue weighted by Gasteiger charge is 2.17. The molecule has 1 aliphatic heterocycles. The van der Waals surface area contributed by atoms with E-state index in [0.717, 1.165) is 25.1 Å². The molecule has 0 radical (unpaired) electrons. The minimum atomic E-state index is 0.967. The summed E-state index contributed by atoms with van der Waals surface area (Å²) < 4.78 is 0. The van der Waals surface area contributed by atoms with E-state index >= 15 is 0 Å². The molecule has 0 unspecified atom stereocenters. The number of piperidine rings is 1. The van der Waals surface area contributed by atoms with Gasteiger partial charge in [0.2, 0.25) is 0 Å². The third kappa shape index (κ3) is 1.13.